The number of rotatable bonds is 3. The number of hydrogen-bond acceptors (Lipinski definition) is 0. The lowest BCUT2D eigenvalue weighted by Crippen LogP contribution is -2.04. The van der Waals surface area contributed by atoms with E-state index in [0.29, 0.717) is 17.8 Å². The van der Waals surface area contributed by atoms with Crippen molar-refractivity contribution in [2.24, 2.45) is 5.92 Å². The largest absolute Gasteiger partial charge is 0.207 e. The van der Waals surface area contributed by atoms with Gasteiger partial charge in [0.1, 0.15) is 5.82 Å². The Bertz CT molecular complexity index is 350. The van der Waals surface area contributed by atoms with Crippen LogP contribution in [0.2, 0.25) is 0 Å². The first-order chi connectivity index (χ1) is 7.09. The maximum Gasteiger partial charge on any atom is 0.126 e. The minimum atomic E-state index is -0.0133. The van der Waals surface area contributed by atoms with Gasteiger partial charge in [0, 0.05) is 0 Å². The van der Waals surface area contributed by atoms with E-state index in [1.807, 2.05) is 6.07 Å². The van der Waals surface area contributed by atoms with Gasteiger partial charge in [-0.15, -0.1) is 0 Å². The molecule has 0 bridgehead atoms. The fourth-order valence-electron chi connectivity index (χ4n) is 1.94. The lowest BCUT2D eigenvalue weighted by atomic mass is 9.89. The summed E-state index contributed by atoms with van der Waals surface area (Å²) in [4.78, 5) is 0. The molecule has 0 N–H and O–H groups in total. The Morgan fingerprint density at radius 2 is 1.87 bits per heavy atom. The van der Waals surface area contributed by atoms with Gasteiger partial charge in [-0.1, -0.05) is 32.9 Å². The molecule has 15 heavy (non-hydrogen) atoms. The predicted molar refractivity (Wildman–Crippen MR) is 61.6 cm³/mol. The first-order valence-electron chi connectivity index (χ1n) is 5.89. The topological polar surface area (TPSA) is 0 Å². The van der Waals surface area contributed by atoms with Gasteiger partial charge in [0.2, 0.25) is 0 Å². The fourth-order valence-corrected chi connectivity index (χ4v) is 1.94. The molecule has 0 unspecified atom stereocenters. The molecule has 1 aliphatic carbocycles. The Balaban J connectivity index is 2.25. The summed E-state index contributed by atoms with van der Waals surface area (Å²) < 4.78 is 13.8. The number of hydrogen-bond donors (Lipinski definition) is 0. The van der Waals surface area contributed by atoms with E-state index in [1.165, 1.54) is 18.4 Å². The van der Waals surface area contributed by atoms with Gasteiger partial charge < -0.3 is 0 Å². The van der Waals surface area contributed by atoms with Crippen LogP contribution in [0.1, 0.15) is 56.6 Å². The van der Waals surface area contributed by atoms with Crippen LogP contribution in [0, 0.1) is 11.7 Å². The highest BCUT2D eigenvalue weighted by molar-refractivity contribution is 5.31. The summed E-state index contributed by atoms with van der Waals surface area (Å²) in [6, 6.07) is 5.83. The molecule has 1 saturated carbocycles. The maximum atomic E-state index is 13.8. The average molecular weight is 206 g/mol. The lowest BCUT2D eigenvalue weighted by Gasteiger charge is -2.17. The molecule has 0 amide bonds. The van der Waals surface area contributed by atoms with E-state index in [1.54, 1.807) is 6.07 Å². The quantitative estimate of drug-likeness (QED) is 0.684. The number of halogens is 1. The third kappa shape index (κ3) is 2.22. The maximum absolute atomic E-state index is 13.8. The van der Waals surface area contributed by atoms with E-state index in [2.05, 4.69) is 26.8 Å². The molecule has 2 rings (SSSR count). The second-order valence-electron chi connectivity index (χ2n) is 5.09. The molecule has 0 nitrogen and oxygen atoms in total. The van der Waals surface area contributed by atoms with Crippen LogP contribution in [0.3, 0.4) is 0 Å². The van der Waals surface area contributed by atoms with Gasteiger partial charge in [-0.25, -0.2) is 4.39 Å². The van der Waals surface area contributed by atoms with Crippen LogP contribution >= 0.6 is 0 Å². The third-order valence-electron chi connectivity index (χ3n) is 3.56. The summed E-state index contributed by atoms with van der Waals surface area (Å²) in [5.74, 6) is 1.42. The van der Waals surface area contributed by atoms with Crippen molar-refractivity contribution in [3.63, 3.8) is 0 Å². The first kappa shape index (κ1) is 10.7. The minimum Gasteiger partial charge on any atom is -0.207 e. The molecule has 0 aromatic heterocycles. The van der Waals surface area contributed by atoms with Crippen LogP contribution in [-0.2, 0) is 0 Å². The monoisotopic (exact) mass is 206 g/mol. The summed E-state index contributed by atoms with van der Waals surface area (Å²) >= 11 is 0. The van der Waals surface area contributed by atoms with Crippen LogP contribution < -0.4 is 0 Å². The summed E-state index contributed by atoms with van der Waals surface area (Å²) in [7, 11) is 0. The van der Waals surface area contributed by atoms with Gasteiger partial charge in [0.15, 0.2) is 0 Å². The molecule has 0 saturated heterocycles. The Morgan fingerprint density at radius 1 is 1.20 bits per heavy atom. The van der Waals surface area contributed by atoms with Crippen LogP contribution in [0.5, 0.6) is 0 Å². The smallest absolute Gasteiger partial charge is 0.126 e. The number of benzene rings is 1. The Labute approximate surface area is 91.5 Å². The van der Waals surface area contributed by atoms with E-state index in [4.69, 9.17) is 0 Å². The van der Waals surface area contributed by atoms with Gasteiger partial charge in [-0.3, -0.25) is 0 Å². The van der Waals surface area contributed by atoms with E-state index in [-0.39, 0.29) is 5.82 Å². The Morgan fingerprint density at radius 3 is 2.33 bits per heavy atom. The Hall–Kier alpha value is -0.850. The molecule has 1 aromatic rings. The predicted octanol–water partition coefficient (Wildman–Crippen LogP) is 4.46. The standard InChI is InChI=1S/C14H19F/c1-9(2)10(3)13-7-6-12(8-14(13)15)11-4-5-11/h6-11H,4-5H2,1-3H3/t10-/m0/s1. The molecular weight excluding hydrogens is 187 g/mol. The van der Waals surface area contributed by atoms with Crippen LogP contribution in [0.25, 0.3) is 0 Å². The fraction of sp³-hybridized carbons (Fsp3) is 0.571. The summed E-state index contributed by atoms with van der Waals surface area (Å²) in [5.41, 5.74) is 2.06. The zero-order valence-corrected chi connectivity index (χ0v) is 9.76. The van der Waals surface area contributed by atoms with Crippen LogP contribution in [0.4, 0.5) is 4.39 Å². The van der Waals surface area contributed by atoms with Gasteiger partial charge in [-0.2, -0.15) is 0 Å². The van der Waals surface area contributed by atoms with Crippen molar-refractivity contribution in [2.75, 3.05) is 0 Å². The van der Waals surface area contributed by atoms with Crippen molar-refractivity contribution in [2.45, 2.75) is 45.4 Å². The SMILES string of the molecule is CC(C)[C@H](C)c1ccc(C2CC2)cc1F. The molecule has 1 aliphatic rings. The van der Waals surface area contributed by atoms with E-state index in [9.17, 15) is 4.39 Å². The first-order valence-corrected chi connectivity index (χ1v) is 5.89. The van der Waals surface area contributed by atoms with Gasteiger partial charge in [-0.05, 0) is 47.8 Å². The van der Waals surface area contributed by atoms with Gasteiger partial charge >= 0.3 is 0 Å². The second-order valence-corrected chi connectivity index (χ2v) is 5.09. The van der Waals surface area contributed by atoms with Gasteiger partial charge in [0.05, 0.1) is 0 Å². The van der Waals surface area contributed by atoms with Crippen molar-refractivity contribution < 1.29 is 4.39 Å². The summed E-state index contributed by atoms with van der Waals surface area (Å²) in [5, 5.41) is 0. The van der Waals surface area contributed by atoms with Crippen molar-refractivity contribution in [3.8, 4) is 0 Å². The highest BCUT2D eigenvalue weighted by Crippen LogP contribution is 2.41. The molecule has 82 valence electrons. The molecule has 0 heterocycles. The van der Waals surface area contributed by atoms with Crippen molar-refractivity contribution in [1.82, 2.24) is 0 Å². The molecule has 1 heteroatoms. The van der Waals surface area contributed by atoms with Crippen molar-refractivity contribution >= 4 is 0 Å². The zero-order valence-electron chi connectivity index (χ0n) is 9.76. The molecule has 0 spiro atoms. The molecule has 1 fully saturated rings. The highest BCUT2D eigenvalue weighted by atomic mass is 19.1. The van der Waals surface area contributed by atoms with Crippen LogP contribution in [0.15, 0.2) is 18.2 Å². The normalized spacial score (nSPS) is 18.2. The molecular formula is C14H19F. The lowest BCUT2D eigenvalue weighted by molar-refractivity contribution is 0.501. The highest BCUT2D eigenvalue weighted by Gasteiger charge is 2.25. The van der Waals surface area contributed by atoms with E-state index in [0.717, 1.165) is 5.56 Å². The third-order valence-corrected chi connectivity index (χ3v) is 3.56. The average Bonchev–Trinajstić information content (AvgIpc) is 2.99. The van der Waals surface area contributed by atoms with Crippen molar-refractivity contribution in [1.29, 1.82) is 0 Å². The summed E-state index contributed by atoms with van der Waals surface area (Å²) in [6.45, 7) is 6.37. The Kier molecular flexibility index (Phi) is 2.81. The van der Waals surface area contributed by atoms with E-state index < -0.39 is 0 Å². The molecule has 1 aromatic carbocycles. The van der Waals surface area contributed by atoms with E-state index >= 15 is 0 Å². The zero-order chi connectivity index (χ0) is 11.0. The molecule has 0 aliphatic heterocycles. The minimum absolute atomic E-state index is 0.0133. The molecule has 1 atom stereocenters. The summed E-state index contributed by atoms with van der Waals surface area (Å²) in [6.07, 6.45) is 2.47. The van der Waals surface area contributed by atoms with Crippen molar-refractivity contribution in [3.05, 3.63) is 35.1 Å². The van der Waals surface area contributed by atoms with Gasteiger partial charge in [0.25, 0.3) is 0 Å². The van der Waals surface area contributed by atoms with Crippen LogP contribution in [-0.4, -0.2) is 0 Å². The second kappa shape index (κ2) is 3.96. The molecule has 0 radical (unpaired) electrons.